The fourth-order valence-electron chi connectivity index (χ4n) is 4.50. The molecule has 1 heterocycles. The lowest BCUT2D eigenvalue weighted by Gasteiger charge is -2.30. The molecule has 0 radical (unpaired) electrons. The van der Waals surface area contributed by atoms with Crippen molar-refractivity contribution in [1.29, 1.82) is 0 Å². The average molecular weight is 654 g/mol. The lowest BCUT2D eigenvalue weighted by molar-refractivity contribution is -0.276. The summed E-state index contributed by atoms with van der Waals surface area (Å²) in [5.41, 5.74) is -5.71. The van der Waals surface area contributed by atoms with Gasteiger partial charge in [-0.25, -0.2) is 0 Å². The van der Waals surface area contributed by atoms with Gasteiger partial charge in [0.15, 0.2) is 0 Å². The molecule has 0 bridgehead atoms. The third-order valence-corrected chi connectivity index (χ3v) is 6.79. The van der Waals surface area contributed by atoms with Gasteiger partial charge in [-0.1, -0.05) is 53.2 Å². The molecule has 3 aromatic rings. The molecule has 1 amide bonds. The molecule has 4 rings (SSSR count). The largest absolute Gasteiger partial charge is 0.435 e. The van der Waals surface area contributed by atoms with Crippen LogP contribution in [0.4, 0.5) is 39.5 Å². The molecule has 6 nitrogen and oxygen atoms in total. The van der Waals surface area contributed by atoms with Crippen LogP contribution in [0, 0.1) is 0 Å². The van der Waals surface area contributed by atoms with Gasteiger partial charge >= 0.3 is 18.5 Å². The van der Waals surface area contributed by atoms with Crippen molar-refractivity contribution in [2.24, 2.45) is 5.16 Å². The number of nitrogens with one attached hydrogen (secondary N) is 2. The number of alkyl halides is 9. The zero-order chi connectivity index (χ0) is 32.5. The second-order valence-corrected chi connectivity index (χ2v) is 10.1. The minimum absolute atomic E-state index is 0.0374. The maximum atomic E-state index is 14.5. The number of amides is 1. The summed E-state index contributed by atoms with van der Waals surface area (Å²) in [5, 5.41) is 18.1. The van der Waals surface area contributed by atoms with Gasteiger partial charge in [0.2, 0.25) is 0 Å². The predicted octanol–water partition coefficient (Wildman–Crippen LogP) is 7.20. The van der Waals surface area contributed by atoms with Gasteiger partial charge < -0.3 is 20.6 Å². The first-order chi connectivity index (χ1) is 20.4. The monoisotopic (exact) mass is 653 g/mol. The van der Waals surface area contributed by atoms with Crippen LogP contribution < -0.4 is 10.6 Å². The molecule has 44 heavy (non-hydrogen) atoms. The van der Waals surface area contributed by atoms with Crippen LogP contribution in [0.2, 0.25) is 5.02 Å². The molecule has 236 valence electrons. The molecule has 0 spiro atoms. The fraction of sp³-hybridized carbons (Fsp3) is 0.286. The number of oxime groups is 1. The Morgan fingerprint density at radius 3 is 2.34 bits per heavy atom. The van der Waals surface area contributed by atoms with Crippen molar-refractivity contribution in [2.45, 2.75) is 43.2 Å². The van der Waals surface area contributed by atoms with Crippen LogP contribution in [-0.2, 0) is 16.6 Å². The highest BCUT2D eigenvalue weighted by molar-refractivity contribution is 6.30. The molecule has 2 unspecified atom stereocenters. The number of hydrogen-bond acceptors (Lipinski definition) is 5. The van der Waals surface area contributed by atoms with Crippen molar-refractivity contribution in [1.82, 2.24) is 10.6 Å². The van der Waals surface area contributed by atoms with Crippen molar-refractivity contribution >= 4 is 34.0 Å². The van der Waals surface area contributed by atoms with E-state index >= 15 is 0 Å². The minimum atomic E-state index is -5.22. The zero-order valence-corrected chi connectivity index (χ0v) is 22.8. The number of fused-ring (bicyclic) bond motifs is 1. The van der Waals surface area contributed by atoms with E-state index in [1.54, 1.807) is 6.07 Å². The van der Waals surface area contributed by atoms with Crippen LogP contribution in [0.3, 0.4) is 0 Å². The van der Waals surface area contributed by atoms with E-state index in [1.165, 1.54) is 30.3 Å². The van der Waals surface area contributed by atoms with E-state index in [0.29, 0.717) is 12.1 Å². The molecule has 1 aliphatic rings. The number of nitrogens with zero attached hydrogens (tertiary/aromatic N) is 1. The third-order valence-electron chi connectivity index (χ3n) is 6.57. The number of aliphatic hydroxyl groups is 1. The molecule has 3 aromatic carbocycles. The summed E-state index contributed by atoms with van der Waals surface area (Å²) >= 11 is 5.76. The van der Waals surface area contributed by atoms with Gasteiger partial charge in [0, 0.05) is 28.1 Å². The van der Waals surface area contributed by atoms with Crippen LogP contribution in [-0.4, -0.2) is 41.9 Å². The second-order valence-electron chi connectivity index (χ2n) is 9.68. The molecule has 0 aromatic heterocycles. The van der Waals surface area contributed by atoms with Crippen molar-refractivity contribution in [2.75, 3.05) is 6.54 Å². The van der Waals surface area contributed by atoms with Gasteiger partial charge in [-0.3, -0.25) is 4.79 Å². The summed E-state index contributed by atoms with van der Waals surface area (Å²) in [6, 6.07) is 10.1. The van der Waals surface area contributed by atoms with E-state index in [4.69, 9.17) is 16.4 Å². The highest BCUT2D eigenvalue weighted by Crippen LogP contribution is 2.50. The Hall–Kier alpha value is -3.98. The summed E-state index contributed by atoms with van der Waals surface area (Å²) in [6.07, 6.45) is -16.7. The van der Waals surface area contributed by atoms with E-state index in [9.17, 15) is 49.4 Å². The van der Waals surface area contributed by atoms with Crippen LogP contribution in [0.5, 0.6) is 0 Å². The zero-order valence-electron chi connectivity index (χ0n) is 22.0. The van der Waals surface area contributed by atoms with E-state index < -0.39 is 71.8 Å². The summed E-state index contributed by atoms with van der Waals surface area (Å²) in [4.78, 5) is 17.8. The van der Waals surface area contributed by atoms with Gasteiger partial charge in [-0.05, 0) is 41.2 Å². The molecule has 2 atom stereocenters. The van der Waals surface area contributed by atoms with Gasteiger partial charge in [-0.15, -0.1) is 0 Å². The summed E-state index contributed by atoms with van der Waals surface area (Å²) < 4.78 is 120. The molecule has 0 saturated carbocycles. The molecule has 16 heteroatoms. The van der Waals surface area contributed by atoms with Crippen molar-refractivity contribution in [3.8, 4) is 0 Å². The maximum Gasteiger partial charge on any atom is 0.435 e. The average Bonchev–Trinajstić information content (AvgIpc) is 3.39. The first-order valence-corrected chi connectivity index (χ1v) is 13.0. The predicted molar refractivity (Wildman–Crippen MR) is 142 cm³/mol. The number of rotatable bonds is 8. The van der Waals surface area contributed by atoms with Crippen molar-refractivity contribution in [3.63, 3.8) is 0 Å². The molecule has 0 aliphatic carbocycles. The first kappa shape index (κ1) is 32.9. The number of benzene rings is 3. The topological polar surface area (TPSA) is 83.0 Å². The quantitative estimate of drug-likeness (QED) is 0.178. The molecular weight excluding hydrogens is 633 g/mol. The van der Waals surface area contributed by atoms with Crippen molar-refractivity contribution in [3.05, 3.63) is 94.1 Å². The number of carbonyl (C=O) groups excluding carboxylic acids is 1. The highest BCUT2D eigenvalue weighted by atomic mass is 35.5. The summed E-state index contributed by atoms with van der Waals surface area (Å²) in [7, 11) is 0. The normalized spacial score (nSPS) is 18.3. The SMILES string of the molecule is O=C(NCC(O)N/C=C/CC(F)(F)F)c1ccc(C2=NOC(c3cc(Cl)cc(C(F)(F)F)c3)(C(F)(F)F)C2)c2ccccc12. The summed E-state index contributed by atoms with van der Waals surface area (Å²) in [6.45, 7) is -0.417. The Morgan fingerprint density at radius 2 is 1.70 bits per heavy atom. The third kappa shape index (κ3) is 7.21. The number of allylic oxidation sites excluding steroid dienone is 1. The molecule has 0 fully saturated rings. The molecule has 0 saturated heterocycles. The second kappa shape index (κ2) is 12.2. The van der Waals surface area contributed by atoms with Crippen molar-refractivity contribution < 1.29 is 54.3 Å². The van der Waals surface area contributed by atoms with Gasteiger partial charge in [0.05, 0.1) is 24.2 Å². The number of halogens is 10. The van der Waals surface area contributed by atoms with Crippen LogP contribution in [0.25, 0.3) is 10.8 Å². The van der Waals surface area contributed by atoms with Gasteiger partial charge in [-0.2, -0.15) is 39.5 Å². The first-order valence-electron chi connectivity index (χ1n) is 12.6. The van der Waals surface area contributed by atoms with E-state index in [2.05, 4.69) is 15.8 Å². The molecule has 3 N–H and O–H groups in total. The van der Waals surface area contributed by atoms with E-state index in [0.717, 1.165) is 18.3 Å². The van der Waals surface area contributed by atoms with Crippen LogP contribution >= 0.6 is 11.6 Å². The van der Waals surface area contributed by atoms with E-state index in [1.807, 2.05) is 0 Å². The van der Waals surface area contributed by atoms with Crippen LogP contribution in [0.1, 0.15) is 39.9 Å². The Kier molecular flexibility index (Phi) is 9.12. The Balaban J connectivity index is 1.59. The number of aliphatic hydroxyl groups excluding tert-OH is 1. The molecular formula is C28H21ClF9N3O3. The van der Waals surface area contributed by atoms with E-state index in [-0.39, 0.29) is 27.6 Å². The number of hydrogen-bond donors (Lipinski definition) is 3. The van der Waals surface area contributed by atoms with Gasteiger partial charge in [0.1, 0.15) is 6.23 Å². The number of carbonyl (C=O) groups is 1. The maximum absolute atomic E-state index is 14.5. The van der Waals surface area contributed by atoms with Gasteiger partial charge in [0.25, 0.3) is 11.5 Å². The minimum Gasteiger partial charge on any atom is -0.374 e. The lowest BCUT2D eigenvalue weighted by Crippen LogP contribution is -2.43. The Labute approximate surface area is 248 Å². The van der Waals surface area contributed by atoms with Crippen LogP contribution in [0.15, 0.2) is 72.0 Å². The smallest absolute Gasteiger partial charge is 0.374 e. The summed E-state index contributed by atoms with van der Waals surface area (Å²) in [5.74, 6) is -0.722. The lowest BCUT2D eigenvalue weighted by atomic mass is 9.84. The molecule has 1 aliphatic heterocycles. The standard InChI is InChI=1S/C28H21ClF9N3O3/c29-17-11-15(10-16(12-17)27(33,34)35)25(28(36,37)38)13-22(41-44-25)20-6-7-21(19-5-2-1-4-18(19)20)24(43)40-14-23(42)39-9-3-8-26(30,31)32/h1-7,9-12,23,39,42H,8,13-14H2,(H,40,43)/b9-3+. The Morgan fingerprint density at radius 1 is 1.02 bits per heavy atom. The fourth-order valence-corrected chi connectivity index (χ4v) is 4.73. The Bertz CT molecular complexity index is 1600. The highest BCUT2D eigenvalue weighted by Gasteiger charge is 2.62.